The fourth-order valence-corrected chi connectivity index (χ4v) is 9.46. The average molecular weight is 989 g/mol. The molecule has 2 atom stereocenters. The minimum absolute atomic E-state index is 0.0420. The van der Waals surface area contributed by atoms with E-state index in [1.807, 2.05) is 0 Å². The zero-order valence-electron chi connectivity index (χ0n) is 47.5. The van der Waals surface area contributed by atoms with E-state index in [9.17, 15) is 15.0 Å². The molecule has 0 saturated carbocycles. The second kappa shape index (κ2) is 61.9. The highest BCUT2D eigenvalue weighted by atomic mass is 16.3. The normalized spacial score (nSPS) is 13.4. The van der Waals surface area contributed by atoms with Crippen LogP contribution in [0.2, 0.25) is 0 Å². The molecule has 0 heterocycles. The van der Waals surface area contributed by atoms with Crippen molar-refractivity contribution in [2.45, 2.75) is 328 Å². The van der Waals surface area contributed by atoms with E-state index in [0.717, 1.165) is 83.5 Å². The van der Waals surface area contributed by atoms with Crippen LogP contribution in [-0.2, 0) is 4.79 Å². The van der Waals surface area contributed by atoms with Gasteiger partial charge in [0.1, 0.15) is 0 Å². The van der Waals surface area contributed by atoms with Crippen LogP contribution in [0.25, 0.3) is 0 Å². The van der Waals surface area contributed by atoms with E-state index < -0.39 is 12.1 Å². The Morgan fingerprint density at radius 2 is 0.620 bits per heavy atom. The van der Waals surface area contributed by atoms with Gasteiger partial charge >= 0.3 is 0 Å². The quantitative estimate of drug-likeness (QED) is 0.0420. The van der Waals surface area contributed by atoms with E-state index >= 15 is 0 Å². The lowest BCUT2D eigenvalue weighted by Crippen LogP contribution is -2.45. The van der Waals surface area contributed by atoms with Gasteiger partial charge in [0.2, 0.25) is 5.91 Å². The summed E-state index contributed by atoms with van der Waals surface area (Å²) in [5, 5.41) is 23.4. The summed E-state index contributed by atoms with van der Waals surface area (Å²) in [5.41, 5.74) is 0. The molecule has 4 nitrogen and oxygen atoms in total. The molecule has 2 unspecified atom stereocenters. The first-order valence-electron chi connectivity index (χ1n) is 31.3. The summed E-state index contributed by atoms with van der Waals surface area (Å²) in [7, 11) is 0. The smallest absolute Gasteiger partial charge is 0.220 e. The number of aliphatic hydroxyl groups is 2. The first-order chi connectivity index (χ1) is 35.2. The molecular formula is C67H121NO3. The molecule has 0 saturated heterocycles. The van der Waals surface area contributed by atoms with Crippen LogP contribution in [0.4, 0.5) is 0 Å². The van der Waals surface area contributed by atoms with Crippen molar-refractivity contribution in [1.82, 2.24) is 5.32 Å². The van der Waals surface area contributed by atoms with Gasteiger partial charge in [-0.15, -0.1) is 0 Å². The molecule has 4 heteroatoms. The Balaban J connectivity index is 3.50. The van der Waals surface area contributed by atoms with Gasteiger partial charge in [-0.05, 0) is 70.6 Å². The van der Waals surface area contributed by atoms with Crippen molar-refractivity contribution in [3.8, 4) is 0 Å². The van der Waals surface area contributed by atoms with Crippen LogP contribution in [0.5, 0.6) is 0 Å². The lowest BCUT2D eigenvalue weighted by Gasteiger charge is -2.22. The molecule has 0 aromatic carbocycles. The number of carbonyl (C=O) groups excluding carboxylic acids is 1. The molecule has 0 rings (SSSR count). The number of hydrogen-bond donors (Lipinski definition) is 3. The van der Waals surface area contributed by atoms with Gasteiger partial charge in [-0.1, -0.05) is 324 Å². The van der Waals surface area contributed by atoms with E-state index in [0.29, 0.717) is 12.8 Å². The predicted molar refractivity (Wildman–Crippen MR) is 317 cm³/mol. The van der Waals surface area contributed by atoms with Gasteiger partial charge in [-0.25, -0.2) is 0 Å². The molecule has 0 fully saturated rings. The van der Waals surface area contributed by atoms with Crippen LogP contribution in [0.3, 0.4) is 0 Å². The van der Waals surface area contributed by atoms with Gasteiger partial charge in [0.15, 0.2) is 0 Å². The second-order valence-electron chi connectivity index (χ2n) is 21.1. The summed E-state index contributed by atoms with van der Waals surface area (Å²) >= 11 is 0. The van der Waals surface area contributed by atoms with Gasteiger partial charge in [-0.2, -0.15) is 0 Å². The largest absolute Gasteiger partial charge is 0.394 e. The Morgan fingerprint density at radius 3 is 0.930 bits per heavy atom. The van der Waals surface area contributed by atoms with Crippen molar-refractivity contribution in [2.75, 3.05) is 6.61 Å². The van der Waals surface area contributed by atoms with E-state index in [2.05, 4.69) is 104 Å². The minimum Gasteiger partial charge on any atom is -0.394 e. The molecule has 0 aromatic rings. The maximum Gasteiger partial charge on any atom is 0.220 e. The van der Waals surface area contributed by atoms with Crippen LogP contribution >= 0.6 is 0 Å². The Morgan fingerprint density at radius 1 is 0.352 bits per heavy atom. The highest BCUT2D eigenvalue weighted by Crippen LogP contribution is 2.18. The summed E-state index contributed by atoms with van der Waals surface area (Å²) < 4.78 is 0. The van der Waals surface area contributed by atoms with Gasteiger partial charge in [0, 0.05) is 6.42 Å². The van der Waals surface area contributed by atoms with Crippen molar-refractivity contribution in [3.63, 3.8) is 0 Å². The molecule has 0 radical (unpaired) electrons. The number of unbranched alkanes of at least 4 members (excludes halogenated alkanes) is 36. The van der Waals surface area contributed by atoms with Gasteiger partial charge < -0.3 is 15.5 Å². The van der Waals surface area contributed by atoms with Crippen LogP contribution in [0.15, 0.2) is 85.1 Å². The molecule has 0 bridgehead atoms. The van der Waals surface area contributed by atoms with Crippen molar-refractivity contribution in [1.29, 1.82) is 0 Å². The summed E-state index contributed by atoms with van der Waals surface area (Å²) in [5.74, 6) is -0.0420. The SMILES string of the molecule is CC/C=C\C/C=C\C/C=C\C/C=C\C/C=C\C/C=C\C/C=C\CCCCCCCCCC(=O)NC(CO)C(O)CCCCCCCCCCCCCCCCCCCCCCCCCCCCCCCC. The number of allylic oxidation sites excluding steroid dienone is 14. The summed E-state index contributed by atoms with van der Waals surface area (Å²) in [4.78, 5) is 12.5. The fourth-order valence-electron chi connectivity index (χ4n) is 9.46. The minimum atomic E-state index is -0.672. The highest BCUT2D eigenvalue weighted by Gasteiger charge is 2.20. The first-order valence-corrected chi connectivity index (χ1v) is 31.3. The first kappa shape index (κ1) is 68.6. The monoisotopic (exact) mass is 988 g/mol. The van der Waals surface area contributed by atoms with Crippen molar-refractivity contribution in [3.05, 3.63) is 85.1 Å². The van der Waals surface area contributed by atoms with E-state index in [4.69, 9.17) is 0 Å². The zero-order valence-corrected chi connectivity index (χ0v) is 47.5. The summed E-state index contributed by atoms with van der Waals surface area (Å²) in [6.07, 6.45) is 90.2. The molecule has 0 aromatic heterocycles. The average Bonchev–Trinajstić information content (AvgIpc) is 3.37. The lowest BCUT2D eigenvalue weighted by atomic mass is 10.0. The molecule has 0 aliphatic carbocycles. The van der Waals surface area contributed by atoms with Crippen molar-refractivity contribution >= 4 is 5.91 Å². The molecule has 1 amide bonds. The fraction of sp³-hybridized carbons (Fsp3) is 0.776. The zero-order chi connectivity index (χ0) is 51.3. The second-order valence-corrected chi connectivity index (χ2v) is 21.1. The van der Waals surface area contributed by atoms with Gasteiger partial charge in [0.25, 0.3) is 0 Å². The number of aliphatic hydroxyl groups excluding tert-OH is 2. The molecule has 0 aliphatic rings. The number of hydrogen-bond acceptors (Lipinski definition) is 3. The van der Waals surface area contributed by atoms with Crippen LogP contribution in [0, 0.1) is 0 Å². The van der Waals surface area contributed by atoms with Crippen LogP contribution < -0.4 is 5.32 Å². The maximum absolute atomic E-state index is 12.5. The van der Waals surface area contributed by atoms with E-state index in [1.165, 1.54) is 205 Å². The standard InChI is InChI=1S/C67H121NO3/c1-3-5-7-9-11-13-15-17-19-21-23-25-27-29-31-33-35-36-38-40-42-44-46-48-50-52-54-56-58-60-62-66(70)65(64-69)68-67(71)63-61-59-57-55-53-51-49-47-45-43-41-39-37-34-32-30-28-26-24-22-20-18-16-14-12-10-8-6-4-2/h6,8,12,14,18,20,24,26,30,32,37,39,43,45,65-66,69-70H,3-5,7,9-11,13,15-17,19,21-23,25,27-29,31,33-36,38,40-42,44,46-64H2,1-2H3,(H,68,71)/b8-6-,14-12-,20-18-,26-24-,32-30-,39-37-,45-43-. The Hall–Kier alpha value is -2.43. The van der Waals surface area contributed by atoms with Gasteiger partial charge in [-0.3, -0.25) is 4.79 Å². The number of carbonyl (C=O) groups is 1. The molecule has 3 N–H and O–H groups in total. The van der Waals surface area contributed by atoms with E-state index in [1.54, 1.807) is 0 Å². The van der Waals surface area contributed by atoms with Crippen molar-refractivity contribution < 1.29 is 15.0 Å². The third kappa shape index (κ3) is 58.3. The maximum atomic E-state index is 12.5. The van der Waals surface area contributed by atoms with Crippen LogP contribution in [0.1, 0.15) is 316 Å². The molecule has 0 aliphatic heterocycles. The number of nitrogens with one attached hydrogen (secondary N) is 1. The molecular weight excluding hydrogens is 867 g/mol. The highest BCUT2D eigenvalue weighted by molar-refractivity contribution is 5.76. The van der Waals surface area contributed by atoms with Gasteiger partial charge in [0.05, 0.1) is 18.8 Å². The van der Waals surface area contributed by atoms with Crippen LogP contribution in [-0.4, -0.2) is 34.9 Å². The summed E-state index contributed by atoms with van der Waals surface area (Å²) in [6, 6.07) is -0.550. The molecule has 71 heavy (non-hydrogen) atoms. The predicted octanol–water partition coefficient (Wildman–Crippen LogP) is 21.1. The van der Waals surface area contributed by atoms with E-state index in [-0.39, 0.29) is 12.5 Å². The third-order valence-electron chi connectivity index (χ3n) is 14.2. The Bertz CT molecular complexity index is 1260. The Labute approximate surface area is 443 Å². The Kier molecular flexibility index (Phi) is 59.8. The lowest BCUT2D eigenvalue weighted by molar-refractivity contribution is -0.123. The third-order valence-corrected chi connectivity index (χ3v) is 14.2. The topological polar surface area (TPSA) is 69.6 Å². The van der Waals surface area contributed by atoms with Crippen molar-refractivity contribution in [2.24, 2.45) is 0 Å². The molecule has 0 spiro atoms. The number of rotatable bonds is 57. The molecule has 412 valence electrons. The number of amides is 1. The summed E-state index contributed by atoms with van der Waals surface area (Å²) in [6.45, 7) is 4.26.